The van der Waals surface area contributed by atoms with Gasteiger partial charge < -0.3 is 14.2 Å². The highest BCUT2D eigenvalue weighted by Crippen LogP contribution is 2.36. The summed E-state index contributed by atoms with van der Waals surface area (Å²) >= 11 is 0.915. The molecule has 1 aromatic heterocycles. The predicted octanol–water partition coefficient (Wildman–Crippen LogP) is 3.12. The number of rotatable bonds is 4. The second-order valence-corrected chi connectivity index (χ2v) is 8.89. The summed E-state index contributed by atoms with van der Waals surface area (Å²) in [6.45, 7) is 5.94. The largest absolute Gasteiger partial charge is 0.378 e. The zero-order valence-electron chi connectivity index (χ0n) is 17.0. The van der Waals surface area contributed by atoms with Crippen LogP contribution in [-0.2, 0) is 14.3 Å². The monoisotopic (exact) mass is 417 g/mol. The van der Waals surface area contributed by atoms with Crippen molar-refractivity contribution in [1.29, 1.82) is 0 Å². The van der Waals surface area contributed by atoms with E-state index < -0.39 is 0 Å². The fraction of sp³-hybridized carbons (Fsp3) is 0.571. The maximum atomic E-state index is 12.8. The molecule has 3 amide bonds. The van der Waals surface area contributed by atoms with Crippen molar-refractivity contribution >= 4 is 34.9 Å². The van der Waals surface area contributed by atoms with Crippen LogP contribution in [0.3, 0.4) is 0 Å². The summed E-state index contributed by atoms with van der Waals surface area (Å²) in [6, 6.07) is 2.61. The SMILES string of the molecule is Cc1cc(/C=C2\SC(=O)N(CC(=O)N3CCOCC3)C2=O)c(C)n1C1CCCC1. The highest BCUT2D eigenvalue weighted by molar-refractivity contribution is 8.18. The summed E-state index contributed by atoms with van der Waals surface area (Å²) in [6.07, 6.45) is 6.70. The first-order valence-electron chi connectivity index (χ1n) is 10.2. The Labute approximate surface area is 175 Å². The predicted molar refractivity (Wildman–Crippen MR) is 111 cm³/mol. The first-order chi connectivity index (χ1) is 14.0. The average molecular weight is 418 g/mol. The van der Waals surface area contributed by atoms with Gasteiger partial charge in [-0.1, -0.05) is 12.8 Å². The number of aromatic nitrogens is 1. The van der Waals surface area contributed by atoms with Crippen molar-refractivity contribution < 1.29 is 19.1 Å². The Morgan fingerprint density at radius 1 is 1.21 bits per heavy atom. The summed E-state index contributed by atoms with van der Waals surface area (Å²) in [7, 11) is 0. The summed E-state index contributed by atoms with van der Waals surface area (Å²) in [5.74, 6) is -0.594. The molecule has 0 atom stereocenters. The number of hydrogen-bond donors (Lipinski definition) is 0. The lowest BCUT2D eigenvalue weighted by molar-refractivity contribution is -0.139. The highest BCUT2D eigenvalue weighted by Gasteiger charge is 2.37. The standard InChI is InChI=1S/C21H27N3O4S/c1-14-11-16(15(2)24(14)17-5-3-4-6-17)12-18-20(26)23(21(27)29-18)13-19(25)22-7-9-28-10-8-22/h11-12,17H,3-10,13H2,1-2H3/b18-12-. The first kappa shape index (κ1) is 20.2. The number of hydrogen-bond acceptors (Lipinski definition) is 5. The molecule has 1 saturated carbocycles. The molecule has 2 aliphatic heterocycles. The van der Waals surface area contributed by atoms with E-state index in [0.29, 0.717) is 37.3 Å². The van der Waals surface area contributed by atoms with E-state index in [4.69, 9.17) is 4.74 Å². The van der Waals surface area contributed by atoms with Gasteiger partial charge >= 0.3 is 0 Å². The Balaban J connectivity index is 1.50. The van der Waals surface area contributed by atoms with Gasteiger partial charge in [0.25, 0.3) is 11.1 Å². The number of ether oxygens (including phenoxy) is 1. The van der Waals surface area contributed by atoms with Crippen LogP contribution in [0.1, 0.15) is 48.7 Å². The van der Waals surface area contributed by atoms with E-state index in [1.54, 1.807) is 11.0 Å². The van der Waals surface area contributed by atoms with Crippen molar-refractivity contribution in [2.24, 2.45) is 0 Å². The molecule has 8 heteroatoms. The van der Waals surface area contributed by atoms with Gasteiger partial charge in [0, 0.05) is 30.5 Å². The Kier molecular flexibility index (Phi) is 5.83. The van der Waals surface area contributed by atoms with Gasteiger partial charge in [-0.25, -0.2) is 0 Å². The van der Waals surface area contributed by atoms with Gasteiger partial charge in [0.1, 0.15) is 6.54 Å². The molecule has 4 rings (SSSR count). The molecule has 3 heterocycles. The van der Waals surface area contributed by atoms with Crippen LogP contribution in [0, 0.1) is 13.8 Å². The molecule has 0 aromatic carbocycles. The zero-order chi connectivity index (χ0) is 20.5. The number of aryl methyl sites for hydroxylation is 1. The van der Waals surface area contributed by atoms with Crippen molar-refractivity contribution in [2.75, 3.05) is 32.8 Å². The summed E-state index contributed by atoms with van der Waals surface area (Å²) in [5, 5.41) is -0.382. The smallest absolute Gasteiger partial charge is 0.294 e. The molecular formula is C21H27N3O4S. The molecule has 3 fully saturated rings. The first-order valence-corrected chi connectivity index (χ1v) is 11.1. The normalized spacial score (nSPS) is 22.3. The van der Waals surface area contributed by atoms with E-state index in [0.717, 1.165) is 27.9 Å². The van der Waals surface area contributed by atoms with E-state index in [-0.39, 0.29) is 23.6 Å². The van der Waals surface area contributed by atoms with Gasteiger partial charge in [-0.2, -0.15) is 0 Å². The van der Waals surface area contributed by atoms with Crippen LogP contribution < -0.4 is 0 Å². The number of carbonyl (C=O) groups excluding carboxylic acids is 3. The van der Waals surface area contributed by atoms with Gasteiger partial charge in [-0.05, 0) is 56.2 Å². The van der Waals surface area contributed by atoms with E-state index in [2.05, 4.69) is 24.5 Å². The topological polar surface area (TPSA) is 71.9 Å². The molecule has 3 aliphatic rings. The second-order valence-electron chi connectivity index (χ2n) is 7.90. The van der Waals surface area contributed by atoms with Crippen LogP contribution >= 0.6 is 11.8 Å². The third kappa shape index (κ3) is 4.00. The van der Waals surface area contributed by atoms with Crippen LogP contribution in [0.25, 0.3) is 6.08 Å². The lowest BCUT2D eigenvalue weighted by Crippen LogP contribution is -2.46. The maximum Gasteiger partial charge on any atom is 0.294 e. The molecule has 0 radical (unpaired) electrons. The summed E-state index contributed by atoms with van der Waals surface area (Å²) in [5.41, 5.74) is 3.28. The lowest BCUT2D eigenvalue weighted by atomic mass is 10.2. The highest BCUT2D eigenvalue weighted by atomic mass is 32.2. The minimum absolute atomic E-state index is 0.205. The number of carbonyl (C=O) groups is 3. The van der Waals surface area contributed by atoms with Crippen LogP contribution in [-0.4, -0.2) is 64.3 Å². The molecule has 0 bridgehead atoms. The maximum absolute atomic E-state index is 12.8. The Bertz CT molecular complexity index is 864. The Morgan fingerprint density at radius 2 is 1.90 bits per heavy atom. The number of nitrogens with zero attached hydrogens (tertiary/aromatic N) is 3. The fourth-order valence-corrected chi connectivity index (χ4v) is 5.33. The third-order valence-electron chi connectivity index (χ3n) is 6.03. The van der Waals surface area contributed by atoms with Crippen molar-refractivity contribution in [3.63, 3.8) is 0 Å². The summed E-state index contributed by atoms with van der Waals surface area (Å²) < 4.78 is 7.61. The van der Waals surface area contributed by atoms with Gasteiger partial charge in [0.2, 0.25) is 5.91 Å². The molecule has 0 spiro atoms. The van der Waals surface area contributed by atoms with Gasteiger partial charge in [0.05, 0.1) is 18.1 Å². The van der Waals surface area contributed by atoms with Crippen LogP contribution in [0.5, 0.6) is 0 Å². The van der Waals surface area contributed by atoms with E-state index >= 15 is 0 Å². The van der Waals surface area contributed by atoms with Gasteiger partial charge in [-0.15, -0.1) is 0 Å². The molecule has 1 aliphatic carbocycles. The summed E-state index contributed by atoms with van der Waals surface area (Å²) in [4.78, 5) is 40.7. The van der Waals surface area contributed by atoms with E-state index in [1.165, 1.54) is 31.4 Å². The van der Waals surface area contributed by atoms with E-state index in [9.17, 15) is 14.4 Å². The molecule has 2 saturated heterocycles. The minimum atomic E-state index is -0.382. The van der Waals surface area contributed by atoms with E-state index in [1.807, 2.05) is 0 Å². The number of imide groups is 1. The zero-order valence-corrected chi connectivity index (χ0v) is 17.8. The Morgan fingerprint density at radius 3 is 2.59 bits per heavy atom. The molecule has 0 unspecified atom stereocenters. The van der Waals surface area contributed by atoms with Crippen LogP contribution in [0.4, 0.5) is 4.79 Å². The number of morpholine rings is 1. The quantitative estimate of drug-likeness (QED) is 0.704. The average Bonchev–Trinajstić information content (AvgIpc) is 3.39. The van der Waals surface area contributed by atoms with Gasteiger partial charge in [-0.3, -0.25) is 19.3 Å². The molecular weight excluding hydrogens is 390 g/mol. The van der Waals surface area contributed by atoms with Crippen molar-refractivity contribution in [1.82, 2.24) is 14.4 Å². The fourth-order valence-electron chi connectivity index (χ4n) is 4.50. The molecule has 0 N–H and O–H groups in total. The molecule has 1 aromatic rings. The van der Waals surface area contributed by atoms with Gasteiger partial charge in [0.15, 0.2) is 0 Å². The third-order valence-corrected chi connectivity index (χ3v) is 6.94. The minimum Gasteiger partial charge on any atom is -0.378 e. The van der Waals surface area contributed by atoms with Crippen LogP contribution in [0.2, 0.25) is 0 Å². The van der Waals surface area contributed by atoms with Crippen molar-refractivity contribution in [3.8, 4) is 0 Å². The van der Waals surface area contributed by atoms with Crippen molar-refractivity contribution in [3.05, 3.63) is 27.9 Å². The molecule has 29 heavy (non-hydrogen) atoms. The molecule has 156 valence electrons. The second kappa shape index (κ2) is 8.36. The number of thioether (sulfide) groups is 1. The van der Waals surface area contributed by atoms with Crippen LogP contribution in [0.15, 0.2) is 11.0 Å². The Hall–Kier alpha value is -2.06. The lowest BCUT2D eigenvalue weighted by Gasteiger charge is -2.28. The molecule has 7 nitrogen and oxygen atoms in total. The van der Waals surface area contributed by atoms with Crippen molar-refractivity contribution in [2.45, 2.75) is 45.6 Å². The number of amides is 3.